The number of ether oxygens (including phenoxy) is 2. The van der Waals surface area contributed by atoms with Crippen molar-refractivity contribution in [1.82, 2.24) is 20.1 Å². The number of urea groups is 1. The van der Waals surface area contributed by atoms with E-state index in [1.807, 2.05) is 11.8 Å². The van der Waals surface area contributed by atoms with E-state index in [0.717, 1.165) is 12.6 Å². The van der Waals surface area contributed by atoms with Gasteiger partial charge in [-0.25, -0.2) is 9.78 Å². The molecule has 33 heavy (non-hydrogen) atoms. The third kappa shape index (κ3) is 5.34. The number of likely N-dealkylation sites (tertiary alicyclic amines) is 2. The number of nitrogens with zero attached hydrogens (tertiary/aromatic N) is 3. The van der Waals surface area contributed by atoms with Gasteiger partial charge in [-0.2, -0.15) is 13.2 Å². The summed E-state index contributed by atoms with van der Waals surface area (Å²) >= 11 is 0. The average Bonchev–Trinajstić information content (AvgIpc) is 2.76. The Balaban J connectivity index is 1.28. The number of pyridine rings is 1. The molecule has 3 amide bonds. The number of hydrogen-bond donors (Lipinski definition) is 1. The third-order valence-corrected chi connectivity index (χ3v) is 6.73. The van der Waals surface area contributed by atoms with Crippen molar-refractivity contribution in [2.75, 3.05) is 39.4 Å². The predicted molar refractivity (Wildman–Crippen MR) is 112 cm³/mol. The summed E-state index contributed by atoms with van der Waals surface area (Å²) in [5.74, 6) is 0.499. The molecule has 0 bridgehead atoms. The fourth-order valence-electron chi connectivity index (χ4n) is 4.82. The van der Waals surface area contributed by atoms with Gasteiger partial charge < -0.3 is 24.6 Å². The molecule has 0 aromatic carbocycles. The molecule has 3 aliphatic rings. The van der Waals surface area contributed by atoms with Gasteiger partial charge in [0.25, 0.3) is 0 Å². The minimum absolute atomic E-state index is 0.0248. The van der Waals surface area contributed by atoms with Gasteiger partial charge in [0, 0.05) is 26.2 Å². The van der Waals surface area contributed by atoms with Crippen LogP contribution >= 0.6 is 0 Å². The van der Waals surface area contributed by atoms with Crippen LogP contribution in [-0.4, -0.2) is 78.3 Å². The molecule has 3 fully saturated rings. The van der Waals surface area contributed by atoms with Gasteiger partial charge in [0.1, 0.15) is 18.1 Å². The van der Waals surface area contributed by atoms with Crippen molar-refractivity contribution in [2.45, 2.75) is 45.0 Å². The second kappa shape index (κ2) is 9.36. The van der Waals surface area contributed by atoms with E-state index in [4.69, 9.17) is 9.47 Å². The van der Waals surface area contributed by atoms with Crippen molar-refractivity contribution in [2.24, 2.45) is 11.8 Å². The molecule has 3 aliphatic heterocycles. The van der Waals surface area contributed by atoms with Crippen molar-refractivity contribution in [3.05, 3.63) is 23.5 Å². The molecule has 4 heterocycles. The van der Waals surface area contributed by atoms with E-state index in [-0.39, 0.29) is 48.1 Å². The molecule has 1 N–H and O–H groups in total. The van der Waals surface area contributed by atoms with Gasteiger partial charge >= 0.3 is 12.2 Å². The van der Waals surface area contributed by atoms with Crippen LogP contribution in [0.4, 0.5) is 18.0 Å². The van der Waals surface area contributed by atoms with Crippen LogP contribution in [0.25, 0.3) is 0 Å². The second-order valence-corrected chi connectivity index (χ2v) is 9.16. The molecule has 0 radical (unpaired) electrons. The Hall–Kier alpha value is -2.56. The summed E-state index contributed by atoms with van der Waals surface area (Å²) in [7, 11) is 0. The normalized spacial score (nSPS) is 28.2. The number of morpholine rings is 1. The molecular weight excluding hydrogens is 441 g/mol. The number of carbonyl (C=O) groups excluding carboxylic acids is 2. The molecule has 1 aromatic rings. The summed E-state index contributed by atoms with van der Waals surface area (Å²) in [5, 5.41) is 2.91. The quantitative estimate of drug-likeness (QED) is 0.734. The number of aryl methyl sites for hydroxylation is 1. The Morgan fingerprint density at radius 2 is 2.00 bits per heavy atom. The first-order chi connectivity index (χ1) is 15.6. The Kier molecular flexibility index (Phi) is 6.69. The van der Waals surface area contributed by atoms with E-state index < -0.39 is 11.9 Å². The zero-order valence-electron chi connectivity index (χ0n) is 18.7. The largest absolute Gasteiger partial charge is 0.492 e. The number of alkyl halides is 3. The summed E-state index contributed by atoms with van der Waals surface area (Å²) < 4.78 is 49.9. The van der Waals surface area contributed by atoms with Gasteiger partial charge in [-0.05, 0) is 43.2 Å². The molecular formula is C22H29F3N4O4. The maximum Gasteiger partial charge on any atom is 0.433 e. The molecule has 3 saturated heterocycles. The molecule has 1 aromatic heterocycles. The minimum atomic E-state index is -4.48. The summed E-state index contributed by atoms with van der Waals surface area (Å²) in [4.78, 5) is 31.8. The highest BCUT2D eigenvalue weighted by molar-refractivity contribution is 5.79. The summed E-state index contributed by atoms with van der Waals surface area (Å²) in [6.45, 7) is 6.02. The molecule has 4 rings (SSSR count). The first-order valence-electron chi connectivity index (χ1n) is 11.2. The lowest BCUT2D eigenvalue weighted by Crippen LogP contribution is -2.62. The molecule has 11 heteroatoms. The van der Waals surface area contributed by atoms with E-state index in [1.54, 1.807) is 4.90 Å². The zero-order chi connectivity index (χ0) is 23.8. The summed E-state index contributed by atoms with van der Waals surface area (Å²) in [6, 6.07) is 1.14. The number of rotatable bonds is 3. The lowest BCUT2D eigenvalue weighted by molar-refractivity contribution is -0.141. The third-order valence-electron chi connectivity index (χ3n) is 6.73. The van der Waals surface area contributed by atoms with Crippen LogP contribution in [0, 0.1) is 18.8 Å². The van der Waals surface area contributed by atoms with Crippen LogP contribution in [-0.2, 0) is 15.7 Å². The highest BCUT2D eigenvalue weighted by Crippen LogP contribution is 2.32. The van der Waals surface area contributed by atoms with Crippen molar-refractivity contribution >= 4 is 11.9 Å². The number of carbonyl (C=O) groups is 2. The highest BCUT2D eigenvalue weighted by Gasteiger charge is 2.39. The Morgan fingerprint density at radius 1 is 1.27 bits per heavy atom. The predicted octanol–water partition coefficient (Wildman–Crippen LogP) is 2.45. The molecule has 0 saturated carbocycles. The van der Waals surface area contributed by atoms with Gasteiger partial charge in [-0.15, -0.1) is 0 Å². The van der Waals surface area contributed by atoms with Crippen LogP contribution in [0.3, 0.4) is 0 Å². The highest BCUT2D eigenvalue weighted by atomic mass is 19.4. The zero-order valence-corrected chi connectivity index (χ0v) is 18.7. The van der Waals surface area contributed by atoms with Crippen LogP contribution in [0.2, 0.25) is 0 Å². The monoisotopic (exact) mass is 470 g/mol. The fraction of sp³-hybridized carbons (Fsp3) is 0.682. The molecule has 0 aliphatic carbocycles. The average molecular weight is 470 g/mol. The van der Waals surface area contributed by atoms with E-state index in [2.05, 4.69) is 10.3 Å². The SMILES string of the molecule is Cc1cc(OCC2CCN(C(=O)N3CC[C@@H]4OCC(=O)N[C@@H]4C3)CC2C)cnc1C(F)(F)F. The lowest BCUT2D eigenvalue weighted by Gasteiger charge is -2.44. The van der Waals surface area contributed by atoms with Crippen LogP contribution in [0.15, 0.2) is 12.3 Å². The first-order valence-corrected chi connectivity index (χ1v) is 11.2. The molecule has 0 spiro atoms. The number of aromatic nitrogens is 1. The molecule has 4 atom stereocenters. The number of halogens is 3. The Morgan fingerprint density at radius 3 is 2.70 bits per heavy atom. The number of fused-ring (bicyclic) bond motifs is 1. The van der Waals surface area contributed by atoms with Crippen LogP contribution in [0.1, 0.15) is 31.0 Å². The standard InChI is InChI=1S/C22H29F3N4O4/c1-13-7-16(8-26-20(13)22(23,24)25)32-11-15-3-5-28(9-14(15)2)21(31)29-6-4-18-17(10-29)27-19(30)12-33-18/h7-8,14-15,17-18H,3-6,9-12H2,1-2H3,(H,27,30)/t14?,15?,17-,18+/m1/s1. The minimum Gasteiger partial charge on any atom is -0.492 e. The van der Waals surface area contributed by atoms with Crippen molar-refractivity contribution in [3.8, 4) is 5.75 Å². The van der Waals surface area contributed by atoms with Crippen molar-refractivity contribution in [3.63, 3.8) is 0 Å². The summed E-state index contributed by atoms with van der Waals surface area (Å²) in [6.07, 6.45) is -1.99. The molecule has 2 unspecified atom stereocenters. The van der Waals surface area contributed by atoms with Crippen LogP contribution < -0.4 is 10.1 Å². The maximum absolute atomic E-state index is 13.1. The Labute approximate surface area is 190 Å². The number of hydrogen-bond acceptors (Lipinski definition) is 5. The smallest absolute Gasteiger partial charge is 0.433 e. The van der Waals surface area contributed by atoms with E-state index >= 15 is 0 Å². The van der Waals surface area contributed by atoms with Crippen molar-refractivity contribution in [1.29, 1.82) is 0 Å². The molecule has 182 valence electrons. The first kappa shape index (κ1) is 23.6. The van der Waals surface area contributed by atoms with Crippen LogP contribution in [0.5, 0.6) is 5.75 Å². The summed E-state index contributed by atoms with van der Waals surface area (Å²) in [5.41, 5.74) is -0.879. The van der Waals surface area contributed by atoms with E-state index in [9.17, 15) is 22.8 Å². The van der Waals surface area contributed by atoms with Gasteiger partial charge in [0.2, 0.25) is 5.91 Å². The second-order valence-electron chi connectivity index (χ2n) is 9.16. The van der Waals surface area contributed by atoms with Gasteiger partial charge in [-0.1, -0.05) is 6.92 Å². The number of piperidine rings is 2. The lowest BCUT2D eigenvalue weighted by atomic mass is 9.87. The molecule has 8 nitrogen and oxygen atoms in total. The Bertz CT molecular complexity index is 897. The van der Waals surface area contributed by atoms with Gasteiger partial charge in [0.15, 0.2) is 0 Å². The van der Waals surface area contributed by atoms with E-state index in [0.29, 0.717) is 45.0 Å². The topological polar surface area (TPSA) is 84.0 Å². The van der Waals surface area contributed by atoms with Crippen molar-refractivity contribution < 1.29 is 32.2 Å². The van der Waals surface area contributed by atoms with Gasteiger partial charge in [0.05, 0.1) is 24.9 Å². The van der Waals surface area contributed by atoms with Gasteiger partial charge in [-0.3, -0.25) is 4.79 Å². The number of amides is 3. The fourth-order valence-corrected chi connectivity index (χ4v) is 4.82. The maximum atomic E-state index is 13.1. The van der Waals surface area contributed by atoms with E-state index in [1.165, 1.54) is 13.0 Å². The number of nitrogens with one attached hydrogen (secondary N) is 1.